The summed E-state index contributed by atoms with van der Waals surface area (Å²) in [7, 11) is 0. The molecule has 2 aliphatic heterocycles. The van der Waals surface area contributed by atoms with E-state index in [0.717, 1.165) is 32.5 Å². The van der Waals surface area contributed by atoms with Crippen LogP contribution in [0.5, 0.6) is 0 Å². The number of rotatable bonds is 2. The number of hydrogen-bond acceptors (Lipinski definition) is 3. The van der Waals surface area contributed by atoms with Gasteiger partial charge in [0, 0.05) is 19.5 Å². The summed E-state index contributed by atoms with van der Waals surface area (Å²) in [6.45, 7) is 3.29. The van der Waals surface area contributed by atoms with Crippen LogP contribution in [0.4, 0.5) is 0 Å². The summed E-state index contributed by atoms with van der Waals surface area (Å²) >= 11 is 0. The molecule has 2 atom stereocenters. The molecule has 2 heterocycles. The first kappa shape index (κ1) is 9.93. The second kappa shape index (κ2) is 4.28. The number of likely N-dealkylation sites (tertiary alicyclic amines) is 1. The number of amides is 1. The monoisotopic (exact) mass is 198 g/mol. The maximum Gasteiger partial charge on any atom is 0.222 e. The van der Waals surface area contributed by atoms with Gasteiger partial charge in [0.2, 0.25) is 5.91 Å². The number of hydrogen-bond donors (Lipinski definition) is 2. The van der Waals surface area contributed by atoms with E-state index in [-0.39, 0.29) is 12.0 Å². The Labute approximate surface area is 84.3 Å². The van der Waals surface area contributed by atoms with Crippen molar-refractivity contribution in [3.63, 3.8) is 0 Å². The second-order valence-corrected chi connectivity index (χ2v) is 4.35. The molecule has 0 saturated carbocycles. The van der Waals surface area contributed by atoms with Crippen LogP contribution in [-0.2, 0) is 4.79 Å². The fraction of sp³-hybridized carbons (Fsp3) is 0.900. The maximum atomic E-state index is 11.7. The van der Waals surface area contributed by atoms with E-state index in [4.69, 9.17) is 0 Å². The van der Waals surface area contributed by atoms with Crippen LogP contribution in [0.2, 0.25) is 0 Å². The molecule has 1 amide bonds. The van der Waals surface area contributed by atoms with E-state index in [2.05, 4.69) is 5.32 Å². The first-order valence-electron chi connectivity index (χ1n) is 5.42. The van der Waals surface area contributed by atoms with Gasteiger partial charge in [-0.3, -0.25) is 4.79 Å². The van der Waals surface area contributed by atoms with Crippen molar-refractivity contribution in [2.24, 2.45) is 5.92 Å². The average molecular weight is 198 g/mol. The fourth-order valence-electron chi connectivity index (χ4n) is 2.23. The molecule has 4 heteroatoms. The van der Waals surface area contributed by atoms with Gasteiger partial charge in [-0.15, -0.1) is 0 Å². The third kappa shape index (κ3) is 2.25. The van der Waals surface area contributed by atoms with Crippen LogP contribution < -0.4 is 5.32 Å². The van der Waals surface area contributed by atoms with E-state index in [1.165, 1.54) is 0 Å². The van der Waals surface area contributed by atoms with Crippen molar-refractivity contribution in [1.82, 2.24) is 10.2 Å². The molecule has 0 radical (unpaired) electrons. The van der Waals surface area contributed by atoms with Gasteiger partial charge in [-0.05, 0) is 31.8 Å². The van der Waals surface area contributed by atoms with Crippen LogP contribution >= 0.6 is 0 Å². The van der Waals surface area contributed by atoms with Crippen molar-refractivity contribution in [3.05, 3.63) is 0 Å². The molecule has 4 nitrogen and oxygen atoms in total. The van der Waals surface area contributed by atoms with Crippen molar-refractivity contribution in [2.45, 2.75) is 25.4 Å². The molecule has 80 valence electrons. The van der Waals surface area contributed by atoms with Gasteiger partial charge in [0.1, 0.15) is 0 Å². The van der Waals surface area contributed by atoms with E-state index in [1.807, 2.05) is 0 Å². The third-order valence-corrected chi connectivity index (χ3v) is 3.14. The highest BCUT2D eigenvalue weighted by Gasteiger charge is 2.27. The summed E-state index contributed by atoms with van der Waals surface area (Å²) in [5.74, 6) is 0.732. The Hall–Kier alpha value is -0.610. The van der Waals surface area contributed by atoms with Crippen LogP contribution in [0.3, 0.4) is 0 Å². The molecular weight excluding hydrogens is 180 g/mol. The molecule has 14 heavy (non-hydrogen) atoms. The molecule has 0 aliphatic carbocycles. The number of nitrogens with zero attached hydrogens (tertiary/aromatic N) is 1. The lowest BCUT2D eigenvalue weighted by Crippen LogP contribution is -2.31. The zero-order valence-electron chi connectivity index (χ0n) is 8.41. The van der Waals surface area contributed by atoms with Crippen LogP contribution in [0.25, 0.3) is 0 Å². The van der Waals surface area contributed by atoms with Crippen LogP contribution in [0.15, 0.2) is 0 Å². The lowest BCUT2D eigenvalue weighted by molar-refractivity contribution is -0.131. The normalized spacial score (nSPS) is 32.5. The minimum Gasteiger partial charge on any atom is -0.391 e. The van der Waals surface area contributed by atoms with E-state index in [0.29, 0.717) is 18.9 Å². The Balaban J connectivity index is 1.77. The second-order valence-electron chi connectivity index (χ2n) is 4.35. The van der Waals surface area contributed by atoms with Gasteiger partial charge in [-0.25, -0.2) is 0 Å². The molecule has 0 aromatic carbocycles. The Kier molecular flexibility index (Phi) is 3.03. The predicted molar refractivity (Wildman–Crippen MR) is 52.8 cm³/mol. The SMILES string of the molecule is O=C(C[C@@H]1CCNC1)N1CC[C@H](O)C1. The van der Waals surface area contributed by atoms with Gasteiger partial charge in [0.05, 0.1) is 6.10 Å². The summed E-state index contributed by atoms with van der Waals surface area (Å²) < 4.78 is 0. The van der Waals surface area contributed by atoms with Crippen molar-refractivity contribution < 1.29 is 9.90 Å². The van der Waals surface area contributed by atoms with E-state index in [1.54, 1.807) is 4.90 Å². The number of carbonyl (C=O) groups excluding carboxylic acids is 1. The van der Waals surface area contributed by atoms with Gasteiger partial charge in [0.25, 0.3) is 0 Å². The molecule has 0 spiro atoms. The lowest BCUT2D eigenvalue weighted by Gasteiger charge is -2.17. The molecule has 2 rings (SSSR count). The summed E-state index contributed by atoms with van der Waals surface area (Å²) in [5, 5.41) is 12.6. The first-order chi connectivity index (χ1) is 6.75. The van der Waals surface area contributed by atoms with Gasteiger partial charge >= 0.3 is 0 Å². The van der Waals surface area contributed by atoms with E-state index < -0.39 is 0 Å². The molecule has 2 saturated heterocycles. The van der Waals surface area contributed by atoms with Crippen molar-refractivity contribution >= 4 is 5.91 Å². The largest absolute Gasteiger partial charge is 0.391 e. The number of aliphatic hydroxyl groups excluding tert-OH is 1. The van der Waals surface area contributed by atoms with Crippen LogP contribution in [0.1, 0.15) is 19.3 Å². The molecule has 0 aromatic rings. The third-order valence-electron chi connectivity index (χ3n) is 3.14. The maximum absolute atomic E-state index is 11.7. The minimum absolute atomic E-state index is 0.218. The molecule has 2 aliphatic rings. The van der Waals surface area contributed by atoms with Crippen molar-refractivity contribution in [3.8, 4) is 0 Å². The average Bonchev–Trinajstić information content (AvgIpc) is 2.75. The fourth-order valence-corrected chi connectivity index (χ4v) is 2.23. The quantitative estimate of drug-likeness (QED) is 0.633. The van der Waals surface area contributed by atoms with Crippen LogP contribution in [0, 0.1) is 5.92 Å². The lowest BCUT2D eigenvalue weighted by atomic mass is 10.0. The summed E-state index contributed by atoms with van der Waals surface area (Å²) in [5.41, 5.74) is 0. The number of carbonyl (C=O) groups is 1. The van der Waals surface area contributed by atoms with Gasteiger partial charge in [0.15, 0.2) is 0 Å². The molecule has 0 unspecified atom stereocenters. The number of aliphatic hydroxyl groups is 1. The van der Waals surface area contributed by atoms with Crippen molar-refractivity contribution in [2.75, 3.05) is 26.2 Å². The molecule has 2 N–H and O–H groups in total. The predicted octanol–water partition coefficient (Wildman–Crippen LogP) is -0.421. The van der Waals surface area contributed by atoms with Gasteiger partial charge in [-0.1, -0.05) is 0 Å². The Morgan fingerprint density at radius 1 is 1.50 bits per heavy atom. The highest BCUT2D eigenvalue weighted by Crippen LogP contribution is 2.16. The van der Waals surface area contributed by atoms with E-state index >= 15 is 0 Å². The van der Waals surface area contributed by atoms with E-state index in [9.17, 15) is 9.90 Å². The zero-order valence-corrected chi connectivity index (χ0v) is 8.41. The number of nitrogens with one attached hydrogen (secondary N) is 1. The molecule has 2 fully saturated rings. The highest BCUT2D eigenvalue weighted by atomic mass is 16.3. The summed E-state index contributed by atoms with van der Waals surface area (Å²) in [4.78, 5) is 13.5. The molecule has 0 bridgehead atoms. The Bertz CT molecular complexity index is 214. The smallest absolute Gasteiger partial charge is 0.222 e. The van der Waals surface area contributed by atoms with Crippen molar-refractivity contribution in [1.29, 1.82) is 0 Å². The summed E-state index contributed by atoms with van der Waals surface area (Å²) in [6.07, 6.45) is 2.22. The first-order valence-corrected chi connectivity index (χ1v) is 5.42. The molecular formula is C10H18N2O2. The topological polar surface area (TPSA) is 52.6 Å². The highest BCUT2D eigenvalue weighted by molar-refractivity contribution is 5.76. The molecule has 0 aromatic heterocycles. The van der Waals surface area contributed by atoms with Crippen LogP contribution in [-0.4, -0.2) is 48.2 Å². The number of β-amino-alcohol motifs (C(OH)–C–C–N with tert-alkyl or cyclic N) is 1. The van der Waals surface area contributed by atoms with Gasteiger partial charge < -0.3 is 15.3 Å². The minimum atomic E-state index is -0.291. The zero-order chi connectivity index (χ0) is 9.97. The summed E-state index contributed by atoms with van der Waals surface area (Å²) in [6, 6.07) is 0. The van der Waals surface area contributed by atoms with Gasteiger partial charge in [-0.2, -0.15) is 0 Å². The Morgan fingerprint density at radius 2 is 2.36 bits per heavy atom. The standard InChI is InChI=1S/C10H18N2O2/c13-9-2-4-12(7-9)10(14)5-8-1-3-11-6-8/h8-9,11,13H,1-7H2/t8-,9-/m0/s1. The Morgan fingerprint density at radius 3 is 2.93 bits per heavy atom.